The number of carbonyl (C=O) groups excluding carboxylic acids is 4. The molecule has 4 radical (unpaired) electrons. The van der Waals surface area contributed by atoms with Crippen molar-refractivity contribution in [2.45, 2.75) is 24.4 Å². The SMILES string of the molecule is COc1cccc(N)c1.COc1cccc(N)c1.O=C([O-])C([O-])C([O-])C(=O)[O-].O=C([O-])C([O-])C([O-])C(=O)[O-].[H+].[H+].[Sb+3].[Sb+3]. The van der Waals surface area contributed by atoms with Gasteiger partial charge in [0.05, 0.1) is 14.2 Å². The molecular formula is C22H24N2O14Sb2. The molecule has 4 unspecified atom stereocenters. The van der Waals surface area contributed by atoms with Gasteiger partial charge in [0, 0.05) is 47.4 Å². The van der Waals surface area contributed by atoms with Crippen LogP contribution in [-0.4, -0.2) is 111 Å². The van der Waals surface area contributed by atoms with E-state index in [2.05, 4.69) is 0 Å². The number of rotatable bonds is 8. The zero-order valence-electron chi connectivity index (χ0n) is 22.7. The summed E-state index contributed by atoms with van der Waals surface area (Å²) in [5.74, 6) is -7.33. The summed E-state index contributed by atoms with van der Waals surface area (Å²) in [6.45, 7) is 0. The molecule has 0 fully saturated rings. The van der Waals surface area contributed by atoms with E-state index in [9.17, 15) is 60.0 Å². The van der Waals surface area contributed by atoms with E-state index in [0.29, 0.717) is 0 Å². The van der Waals surface area contributed by atoms with Gasteiger partial charge in [-0.2, -0.15) is 0 Å². The van der Waals surface area contributed by atoms with Crippen molar-refractivity contribution < 1.29 is 72.4 Å². The Morgan fingerprint density at radius 3 is 0.950 bits per heavy atom. The summed E-state index contributed by atoms with van der Waals surface area (Å²) < 4.78 is 9.83. The number of methoxy groups -OCH3 is 2. The molecule has 216 valence electrons. The Morgan fingerprint density at radius 1 is 0.600 bits per heavy atom. The van der Waals surface area contributed by atoms with Crippen LogP contribution in [0.2, 0.25) is 0 Å². The maximum atomic E-state index is 9.97. The quantitative estimate of drug-likeness (QED) is 0.185. The van der Waals surface area contributed by atoms with Crippen molar-refractivity contribution in [3.63, 3.8) is 0 Å². The molecule has 0 amide bonds. The third-order valence-corrected chi connectivity index (χ3v) is 3.67. The molecule has 0 bridgehead atoms. The van der Waals surface area contributed by atoms with Gasteiger partial charge in [0.15, 0.2) is 0 Å². The van der Waals surface area contributed by atoms with Gasteiger partial charge < -0.3 is 81.0 Å². The summed E-state index contributed by atoms with van der Waals surface area (Å²) in [4.78, 5) is 38.1. The fourth-order valence-electron chi connectivity index (χ4n) is 1.78. The number of carboxylic acids is 4. The first-order valence-corrected chi connectivity index (χ1v) is 9.84. The van der Waals surface area contributed by atoms with Crippen molar-refractivity contribution in [1.82, 2.24) is 0 Å². The molecular weight excluding hydrogens is 760 g/mol. The summed E-state index contributed by atoms with van der Waals surface area (Å²) in [6.07, 6.45) is -11.2. The van der Waals surface area contributed by atoms with Crippen LogP contribution in [0.25, 0.3) is 0 Å². The first kappa shape index (κ1) is 44.0. The molecule has 4 N–H and O–H groups in total. The predicted molar refractivity (Wildman–Crippen MR) is 124 cm³/mol. The topological polar surface area (TPSA) is 323 Å². The molecule has 4 atom stereocenters. The maximum Gasteiger partial charge on any atom is 3.00 e. The first-order chi connectivity index (χ1) is 17.6. The van der Waals surface area contributed by atoms with Gasteiger partial charge in [-0.15, -0.1) is 0 Å². The van der Waals surface area contributed by atoms with Crippen LogP contribution in [0.5, 0.6) is 11.5 Å². The van der Waals surface area contributed by atoms with Crippen LogP contribution in [0.15, 0.2) is 48.5 Å². The maximum absolute atomic E-state index is 9.97. The van der Waals surface area contributed by atoms with E-state index in [0.717, 1.165) is 22.9 Å². The molecule has 2 aromatic rings. The molecule has 0 spiro atoms. The van der Waals surface area contributed by atoms with E-state index in [-0.39, 0.29) is 51.7 Å². The van der Waals surface area contributed by atoms with Crippen LogP contribution in [0, 0.1) is 0 Å². The molecule has 0 saturated heterocycles. The molecule has 18 heteroatoms. The second-order valence-corrected chi connectivity index (χ2v) is 6.51. The van der Waals surface area contributed by atoms with E-state index in [1.807, 2.05) is 36.4 Å². The summed E-state index contributed by atoms with van der Waals surface area (Å²) in [7, 11) is 3.24. The summed E-state index contributed by atoms with van der Waals surface area (Å²) in [6, 6.07) is 14.6. The van der Waals surface area contributed by atoms with Gasteiger partial charge in [0.1, 0.15) is 11.5 Å². The van der Waals surface area contributed by atoms with E-state index >= 15 is 0 Å². The molecule has 2 aromatic carbocycles. The molecule has 0 aromatic heterocycles. The van der Waals surface area contributed by atoms with Gasteiger partial charge in [-0.05, 0) is 24.3 Å². The van der Waals surface area contributed by atoms with E-state index < -0.39 is 48.3 Å². The molecule has 0 saturated carbocycles. The number of ether oxygens (including phenoxy) is 2. The number of nitrogens with two attached hydrogens (primary N) is 2. The number of anilines is 2. The smallest absolute Gasteiger partial charge is 0.848 e. The fourth-order valence-corrected chi connectivity index (χ4v) is 1.78. The number of carboxylic acid groups (broad SMARTS) is 4. The van der Waals surface area contributed by atoms with Crippen molar-refractivity contribution in [3.05, 3.63) is 48.5 Å². The number of aliphatic carboxylic acids is 4. The molecule has 2 rings (SSSR count). The minimum absolute atomic E-state index is 0. The van der Waals surface area contributed by atoms with Gasteiger partial charge in [-0.1, -0.05) is 36.5 Å². The number of carbonyl (C=O) groups is 4. The molecule has 0 heterocycles. The van der Waals surface area contributed by atoms with Crippen LogP contribution in [-0.2, 0) is 19.2 Å². The van der Waals surface area contributed by atoms with E-state index in [1.165, 1.54) is 0 Å². The summed E-state index contributed by atoms with van der Waals surface area (Å²) >= 11 is 0. The molecule has 40 heavy (non-hydrogen) atoms. The van der Waals surface area contributed by atoms with E-state index in [4.69, 9.17) is 20.9 Å². The molecule has 16 nitrogen and oxygen atoms in total. The third-order valence-electron chi connectivity index (χ3n) is 3.67. The zero-order chi connectivity index (χ0) is 30.0. The predicted octanol–water partition coefficient (Wildman–Crippen LogP) is -10.1. The monoisotopic (exact) mass is 782 g/mol. The Hall–Kier alpha value is -3.00. The van der Waals surface area contributed by atoms with Crippen molar-refractivity contribution >= 4 is 84.1 Å². The average molecular weight is 784 g/mol. The standard InChI is InChI=1S/2C7H9NO.2C4H4O6.2Sb/c2*1-9-7-4-2-3-6(8)5-7;2*5-1(3(7)8)2(6)4(9)10;;/h2*2-5H,8H2,1H3;2*1-2H,(H,7,8)(H,9,10);;/q;;2*-2;2*+3/p-2. The van der Waals surface area contributed by atoms with Crippen LogP contribution < -0.4 is 61.8 Å². The van der Waals surface area contributed by atoms with Gasteiger partial charge in [0.25, 0.3) is 0 Å². The Kier molecular flexibility index (Phi) is 26.2. The number of hydrogen-bond donors (Lipinski definition) is 2. The number of benzene rings is 2. The first-order valence-electron chi connectivity index (χ1n) is 9.84. The Labute approximate surface area is 265 Å². The van der Waals surface area contributed by atoms with Gasteiger partial charge in [0.2, 0.25) is 0 Å². The normalized spacial score (nSPS) is 11.9. The van der Waals surface area contributed by atoms with Gasteiger partial charge in [-0.3, -0.25) is 0 Å². The van der Waals surface area contributed by atoms with Crippen LogP contribution in [0.1, 0.15) is 2.85 Å². The Balaban J connectivity index is -0.0000000997. The zero-order valence-corrected chi connectivity index (χ0v) is 25.8. The van der Waals surface area contributed by atoms with Crippen LogP contribution in [0.3, 0.4) is 0 Å². The van der Waals surface area contributed by atoms with Crippen molar-refractivity contribution in [1.29, 1.82) is 0 Å². The minimum atomic E-state index is -2.80. The summed E-state index contributed by atoms with van der Waals surface area (Å²) in [5.41, 5.74) is 12.4. The minimum Gasteiger partial charge on any atom is -0.848 e. The third kappa shape index (κ3) is 20.0. The molecule has 0 aliphatic rings. The number of nitrogen functional groups attached to an aromatic ring is 2. The molecule has 0 aliphatic carbocycles. The van der Waals surface area contributed by atoms with E-state index in [1.54, 1.807) is 26.4 Å². The second kappa shape index (κ2) is 23.8. The van der Waals surface area contributed by atoms with Crippen molar-refractivity contribution in [2.24, 2.45) is 0 Å². The number of hydrogen-bond acceptors (Lipinski definition) is 16. The van der Waals surface area contributed by atoms with Crippen LogP contribution in [0.4, 0.5) is 11.4 Å². The Morgan fingerprint density at radius 2 is 0.825 bits per heavy atom. The Bertz CT molecular complexity index is 938. The average Bonchev–Trinajstić information content (AvgIpc) is 2.87. The second-order valence-electron chi connectivity index (χ2n) is 6.51. The van der Waals surface area contributed by atoms with Crippen molar-refractivity contribution in [3.8, 4) is 11.5 Å². The molecule has 0 aliphatic heterocycles. The van der Waals surface area contributed by atoms with Gasteiger partial charge >= 0.3 is 51.7 Å². The largest absolute Gasteiger partial charge is 3.00 e. The summed E-state index contributed by atoms with van der Waals surface area (Å²) in [5, 5.41) is 78.0. The van der Waals surface area contributed by atoms with Crippen molar-refractivity contribution in [2.75, 3.05) is 25.7 Å². The fraction of sp³-hybridized carbons (Fsp3) is 0.273. The van der Waals surface area contributed by atoms with Gasteiger partial charge in [-0.25, -0.2) is 0 Å². The van der Waals surface area contributed by atoms with Crippen LogP contribution >= 0.6 is 0 Å².